The first-order valence-corrected chi connectivity index (χ1v) is 8.06. The maximum Gasteiger partial charge on any atom is 0.262 e. The van der Waals surface area contributed by atoms with Crippen molar-refractivity contribution >= 4 is 10.0 Å². The Hall–Kier alpha value is -0.920. The molecule has 0 atom stereocenters. The number of nitrogens with zero attached hydrogens (tertiary/aromatic N) is 3. The molecular weight excluding hydrogens is 264 g/mol. The maximum atomic E-state index is 12.4. The highest BCUT2D eigenvalue weighted by Crippen LogP contribution is 2.25. The zero-order valence-corrected chi connectivity index (χ0v) is 12.6. The lowest BCUT2D eigenvalue weighted by Crippen LogP contribution is -2.51. The molecule has 0 radical (unpaired) electrons. The number of hydrogen-bond donors (Lipinski definition) is 1. The van der Waals surface area contributed by atoms with E-state index in [0.717, 1.165) is 19.4 Å². The van der Waals surface area contributed by atoms with E-state index in [9.17, 15) is 8.42 Å². The lowest BCUT2D eigenvalue weighted by Gasteiger charge is -2.38. The van der Waals surface area contributed by atoms with Gasteiger partial charge in [0, 0.05) is 31.4 Å². The van der Waals surface area contributed by atoms with Crippen LogP contribution >= 0.6 is 0 Å². The molecule has 7 heteroatoms. The van der Waals surface area contributed by atoms with Crippen LogP contribution in [-0.4, -0.2) is 48.0 Å². The predicted molar refractivity (Wildman–Crippen MR) is 73.4 cm³/mol. The minimum atomic E-state index is -3.44. The second-order valence-corrected chi connectivity index (χ2v) is 7.14. The third-order valence-corrected chi connectivity index (χ3v) is 5.79. The van der Waals surface area contributed by atoms with E-state index >= 15 is 0 Å². The van der Waals surface area contributed by atoms with Crippen LogP contribution in [0.5, 0.6) is 0 Å². The lowest BCUT2D eigenvalue weighted by atomic mass is 9.91. The summed E-state index contributed by atoms with van der Waals surface area (Å²) in [5.74, 6) is 0. The number of aromatic nitrogens is 2. The molecule has 1 aromatic heterocycles. The highest BCUT2D eigenvalue weighted by atomic mass is 32.2. The quantitative estimate of drug-likeness (QED) is 0.883. The Morgan fingerprint density at radius 3 is 2.53 bits per heavy atom. The molecule has 108 valence electrons. The molecule has 0 spiro atoms. The van der Waals surface area contributed by atoms with Gasteiger partial charge in [0.1, 0.15) is 0 Å². The van der Waals surface area contributed by atoms with E-state index in [1.54, 1.807) is 17.1 Å². The summed E-state index contributed by atoms with van der Waals surface area (Å²) in [7, 11) is -1.51. The Morgan fingerprint density at radius 1 is 1.42 bits per heavy atom. The second-order valence-electron chi connectivity index (χ2n) is 5.26. The Bertz CT molecular complexity index is 530. The van der Waals surface area contributed by atoms with E-state index in [0.29, 0.717) is 13.1 Å². The van der Waals surface area contributed by atoms with Gasteiger partial charge in [-0.15, -0.1) is 0 Å². The molecule has 0 aromatic carbocycles. The minimum absolute atomic E-state index is 0.0365. The third-order valence-electron chi connectivity index (χ3n) is 4.01. The smallest absolute Gasteiger partial charge is 0.262 e. The SMILES string of the molecule is CCn1cnc(S(=O)(=O)N2CCC(C)(NC)CC2)c1. The number of sulfonamides is 1. The van der Waals surface area contributed by atoms with E-state index in [-0.39, 0.29) is 10.6 Å². The number of imidazole rings is 1. The largest absolute Gasteiger partial charge is 0.336 e. The number of piperidine rings is 1. The van der Waals surface area contributed by atoms with E-state index in [1.807, 2.05) is 14.0 Å². The van der Waals surface area contributed by atoms with Gasteiger partial charge in [0.15, 0.2) is 5.03 Å². The van der Waals surface area contributed by atoms with Crippen molar-refractivity contribution < 1.29 is 8.42 Å². The molecule has 1 saturated heterocycles. The lowest BCUT2D eigenvalue weighted by molar-refractivity contribution is 0.219. The van der Waals surface area contributed by atoms with E-state index < -0.39 is 10.0 Å². The topological polar surface area (TPSA) is 67.2 Å². The molecule has 1 aliphatic heterocycles. The van der Waals surface area contributed by atoms with Gasteiger partial charge in [0.25, 0.3) is 10.0 Å². The highest BCUT2D eigenvalue weighted by Gasteiger charge is 2.35. The maximum absolute atomic E-state index is 12.4. The Morgan fingerprint density at radius 2 is 2.05 bits per heavy atom. The van der Waals surface area contributed by atoms with Crippen LogP contribution in [-0.2, 0) is 16.6 Å². The summed E-state index contributed by atoms with van der Waals surface area (Å²) in [6.45, 7) is 5.89. The molecule has 0 aliphatic carbocycles. The summed E-state index contributed by atoms with van der Waals surface area (Å²) >= 11 is 0. The van der Waals surface area contributed by atoms with Crippen molar-refractivity contribution in [1.82, 2.24) is 19.2 Å². The first kappa shape index (κ1) is 14.5. The zero-order chi connectivity index (χ0) is 14.1. The number of aryl methyl sites for hydroxylation is 1. The monoisotopic (exact) mass is 286 g/mol. The summed E-state index contributed by atoms with van der Waals surface area (Å²) in [6, 6.07) is 0. The summed E-state index contributed by atoms with van der Waals surface area (Å²) in [6.07, 6.45) is 4.80. The zero-order valence-electron chi connectivity index (χ0n) is 11.8. The van der Waals surface area contributed by atoms with Crippen LogP contribution in [0.4, 0.5) is 0 Å². The molecule has 0 saturated carbocycles. The van der Waals surface area contributed by atoms with Crippen LogP contribution in [0.25, 0.3) is 0 Å². The molecule has 1 fully saturated rings. The van der Waals surface area contributed by atoms with Gasteiger partial charge < -0.3 is 9.88 Å². The second kappa shape index (κ2) is 5.22. The van der Waals surface area contributed by atoms with Crippen LogP contribution in [0.1, 0.15) is 26.7 Å². The van der Waals surface area contributed by atoms with Crippen LogP contribution in [0, 0.1) is 0 Å². The van der Waals surface area contributed by atoms with Crippen molar-refractivity contribution in [2.45, 2.75) is 43.8 Å². The van der Waals surface area contributed by atoms with Crippen molar-refractivity contribution in [3.05, 3.63) is 12.5 Å². The molecule has 1 aromatic rings. The number of nitrogens with one attached hydrogen (secondary N) is 1. The molecule has 0 amide bonds. The van der Waals surface area contributed by atoms with Crippen molar-refractivity contribution in [3.8, 4) is 0 Å². The van der Waals surface area contributed by atoms with Gasteiger partial charge in [-0.3, -0.25) is 0 Å². The van der Waals surface area contributed by atoms with Gasteiger partial charge in [-0.2, -0.15) is 4.31 Å². The molecule has 2 heterocycles. The van der Waals surface area contributed by atoms with Crippen LogP contribution in [0.3, 0.4) is 0 Å². The number of rotatable bonds is 4. The fourth-order valence-electron chi connectivity index (χ4n) is 2.25. The van der Waals surface area contributed by atoms with Gasteiger partial charge in [-0.1, -0.05) is 0 Å². The Labute approximate surface area is 114 Å². The van der Waals surface area contributed by atoms with Crippen molar-refractivity contribution in [2.75, 3.05) is 20.1 Å². The van der Waals surface area contributed by atoms with Crippen LogP contribution in [0.2, 0.25) is 0 Å². The van der Waals surface area contributed by atoms with Crippen molar-refractivity contribution in [3.63, 3.8) is 0 Å². The number of hydrogen-bond acceptors (Lipinski definition) is 4. The van der Waals surface area contributed by atoms with E-state index in [2.05, 4.69) is 17.2 Å². The molecule has 19 heavy (non-hydrogen) atoms. The van der Waals surface area contributed by atoms with Crippen molar-refractivity contribution in [1.29, 1.82) is 0 Å². The van der Waals surface area contributed by atoms with E-state index in [1.165, 1.54) is 4.31 Å². The fourth-order valence-corrected chi connectivity index (χ4v) is 3.62. The summed E-state index contributed by atoms with van der Waals surface area (Å²) in [4.78, 5) is 4.01. The molecule has 6 nitrogen and oxygen atoms in total. The molecule has 0 unspecified atom stereocenters. The Kier molecular flexibility index (Phi) is 3.98. The van der Waals surface area contributed by atoms with Gasteiger partial charge in [-0.05, 0) is 33.7 Å². The summed E-state index contributed by atoms with van der Waals surface area (Å²) < 4.78 is 28.2. The van der Waals surface area contributed by atoms with Gasteiger partial charge in [-0.25, -0.2) is 13.4 Å². The molecule has 1 aliphatic rings. The van der Waals surface area contributed by atoms with Gasteiger partial charge >= 0.3 is 0 Å². The average Bonchev–Trinajstić information content (AvgIpc) is 2.89. The molecular formula is C12H22N4O2S. The van der Waals surface area contributed by atoms with E-state index in [4.69, 9.17) is 0 Å². The van der Waals surface area contributed by atoms with Gasteiger partial charge in [0.2, 0.25) is 0 Å². The minimum Gasteiger partial charge on any atom is -0.336 e. The summed E-state index contributed by atoms with van der Waals surface area (Å²) in [5, 5.41) is 3.42. The first-order chi connectivity index (χ1) is 8.91. The Balaban J connectivity index is 2.14. The normalized spacial score (nSPS) is 20.6. The van der Waals surface area contributed by atoms with Gasteiger partial charge in [0.05, 0.1) is 6.33 Å². The van der Waals surface area contributed by atoms with Crippen LogP contribution in [0.15, 0.2) is 17.6 Å². The standard InChI is InChI=1S/C12H22N4O2S/c1-4-15-9-11(14-10-15)19(17,18)16-7-5-12(2,13-3)6-8-16/h9-10,13H,4-8H2,1-3H3. The van der Waals surface area contributed by atoms with Crippen molar-refractivity contribution in [2.24, 2.45) is 0 Å². The molecule has 0 bridgehead atoms. The first-order valence-electron chi connectivity index (χ1n) is 6.62. The molecule has 2 rings (SSSR count). The molecule has 1 N–H and O–H groups in total. The highest BCUT2D eigenvalue weighted by molar-refractivity contribution is 7.89. The average molecular weight is 286 g/mol. The fraction of sp³-hybridized carbons (Fsp3) is 0.750. The predicted octanol–water partition coefficient (Wildman–Crippen LogP) is 0.666. The summed E-state index contributed by atoms with van der Waals surface area (Å²) in [5.41, 5.74) is 0.0365. The van der Waals surface area contributed by atoms with Crippen LogP contribution < -0.4 is 5.32 Å². The third kappa shape index (κ3) is 2.82.